The average Bonchev–Trinajstić information content (AvgIpc) is 2.05. The highest BCUT2D eigenvalue weighted by atomic mass is 16.6. The Balaban J connectivity index is 3.07. The van der Waals surface area contributed by atoms with Crippen molar-refractivity contribution in [2.75, 3.05) is 0 Å². The number of aliphatic hydroxyl groups is 1. The fourth-order valence-electron chi connectivity index (χ4n) is 0.964. The van der Waals surface area contributed by atoms with Gasteiger partial charge in [-0.3, -0.25) is 0 Å². The third kappa shape index (κ3) is 7.35. The highest BCUT2D eigenvalue weighted by Crippen LogP contribution is 2.06. The molecule has 1 N–H and O–H groups in total. The summed E-state index contributed by atoms with van der Waals surface area (Å²) in [6.07, 6.45) is 7.50. The van der Waals surface area contributed by atoms with Gasteiger partial charge >= 0.3 is 0 Å². The van der Waals surface area contributed by atoms with E-state index in [-0.39, 0.29) is 0 Å². The van der Waals surface area contributed by atoms with E-state index >= 15 is 0 Å². The van der Waals surface area contributed by atoms with Crippen LogP contribution in [0.3, 0.4) is 0 Å². The molecule has 0 rings (SSSR count). The van der Waals surface area contributed by atoms with E-state index < -0.39 is 6.29 Å². The minimum atomic E-state index is -0.675. The molecule has 0 fully saturated rings. The molecule has 0 saturated carbocycles. The Bertz CT molecular complexity index is 121. The van der Waals surface area contributed by atoms with Crippen molar-refractivity contribution in [3.63, 3.8) is 0 Å². The molecule has 0 heterocycles. The number of rotatable bonds is 8. The summed E-state index contributed by atoms with van der Waals surface area (Å²) in [5.74, 6) is 0. The number of unbranched alkanes of at least 4 members (excludes halogenated alkanes) is 3. The number of aliphatic hydroxyl groups excluding tert-OH is 1. The summed E-state index contributed by atoms with van der Waals surface area (Å²) < 4.78 is 4.75. The summed E-state index contributed by atoms with van der Waals surface area (Å²) in [7, 11) is 0. The molecule has 0 aromatic rings. The summed E-state index contributed by atoms with van der Waals surface area (Å²) in [5.41, 5.74) is 0. The summed E-state index contributed by atoms with van der Waals surface area (Å²) in [6, 6.07) is 0. The second-order valence-corrected chi connectivity index (χ2v) is 2.68. The molecule has 2 nitrogen and oxygen atoms in total. The summed E-state index contributed by atoms with van der Waals surface area (Å²) in [5, 5.41) is 9.09. The van der Waals surface area contributed by atoms with Gasteiger partial charge in [0.25, 0.3) is 0 Å². The maximum Gasteiger partial charge on any atom is 0.196 e. The Morgan fingerprint density at radius 3 is 2.58 bits per heavy atom. The van der Waals surface area contributed by atoms with Gasteiger partial charge in [0.1, 0.15) is 0 Å². The van der Waals surface area contributed by atoms with Crippen molar-refractivity contribution in [1.82, 2.24) is 0 Å². The minimum absolute atomic E-state index is 0.675. The monoisotopic (exact) mass is 170 g/mol. The molecule has 0 aliphatic rings. The van der Waals surface area contributed by atoms with E-state index in [1.165, 1.54) is 6.26 Å². The van der Waals surface area contributed by atoms with Crippen LogP contribution in [0.4, 0.5) is 0 Å². The van der Waals surface area contributed by atoms with Crippen molar-refractivity contribution < 1.29 is 9.84 Å². The van der Waals surface area contributed by atoms with Gasteiger partial charge in [-0.05, 0) is 19.3 Å². The lowest BCUT2D eigenvalue weighted by Crippen LogP contribution is -2.07. The van der Waals surface area contributed by atoms with E-state index in [1.54, 1.807) is 0 Å². The molecular weight excluding hydrogens is 152 g/mol. The van der Waals surface area contributed by atoms with Gasteiger partial charge in [0.2, 0.25) is 0 Å². The van der Waals surface area contributed by atoms with E-state index in [0.717, 1.165) is 25.7 Å². The Hall–Kier alpha value is -0.760. The van der Waals surface area contributed by atoms with Crippen molar-refractivity contribution in [2.24, 2.45) is 0 Å². The van der Waals surface area contributed by atoms with E-state index in [4.69, 9.17) is 9.84 Å². The Kier molecular flexibility index (Phi) is 7.81. The molecule has 70 valence electrons. The number of hydrogen-bond acceptors (Lipinski definition) is 2. The third-order valence-electron chi connectivity index (χ3n) is 1.61. The lowest BCUT2D eigenvalue weighted by atomic mass is 10.1. The highest BCUT2D eigenvalue weighted by molar-refractivity contribution is 4.65. The minimum Gasteiger partial charge on any atom is -0.473 e. The third-order valence-corrected chi connectivity index (χ3v) is 1.61. The summed E-state index contributed by atoms with van der Waals surface area (Å²) in [6.45, 7) is 7.00. The lowest BCUT2D eigenvalue weighted by Gasteiger charge is -2.08. The fraction of sp³-hybridized carbons (Fsp3) is 0.600. The fourth-order valence-corrected chi connectivity index (χ4v) is 0.964. The van der Waals surface area contributed by atoms with Crippen LogP contribution in [0.15, 0.2) is 25.5 Å². The number of hydrogen-bond donors (Lipinski definition) is 1. The van der Waals surface area contributed by atoms with Crippen LogP contribution in [0.2, 0.25) is 0 Å². The van der Waals surface area contributed by atoms with Gasteiger partial charge < -0.3 is 9.84 Å². The first-order chi connectivity index (χ1) is 5.81. The van der Waals surface area contributed by atoms with E-state index in [0.29, 0.717) is 6.42 Å². The average molecular weight is 170 g/mol. The highest BCUT2D eigenvalue weighted by Gasteiger charge is 2.00. The smallest absolute Gasteiger partial charge is 0.196 e. The van der Waals surface area contributed by atoms with Crippen molar-refractivity contribution in [3.8, 4) is 0 Å². The molecule has 1 unspecified atom stereocenters. The molecule has 0 aliphatic carbocycles. The van der Waals surface area contributed by atoms with E-state index in [2.05, 4.69) is 13.2 Å². The van der Waals surface area contributed by atoms with Gasteiger partial charge in [-0.25, -0.2) is 0 Å². The number of allylic oxidation sites excluding steroid dienone is 1. The van der Waals surface area contributed by atoms with Crippen LogP contribution in [0.25, 0.3) is 0 Å². The van der Waals surface area contributed by atoms with Crippen LogP contribution in [-0.4, -0.2) is 11.4 Å². The number of ether oxygens (including phenoxy) is 1. The summed E-state index contributed by atoms with van der Waals surface area (Å²) >= 11 is 0. The molecule has 0 radical (unpaired) electrons. The zero-order chi connectivity index (χ0) is 9.23. The van der Waals surface area contributed by atoms with Gasteiger partial charge in [0, 0.05) is 6.42 Å². The quantitative estimate of drug-likeness (QED) is 0.262. The zero-order valence-electron chi connectivity index (χ0n) is 7.54. The van der Waals surface area contributed by atoms with E-state index in [1.807, 2.05) is 6.08 Å². The van der Waals surface area contributed by atoms with Crippen LogP contribution in [0, 0.1) is 0 Å². The topological polar surface area (TPSA) is 29.5 Å². The van der Waals surface area contributed by atoms with Crippen molar-refractivity contribution in [3.05, 3.63) is 25.5 Å². The standard InChI is InChI=1S/C10H18O2/c1-3-5-6-7-8-9-10(11)12-4-2/h3-4,10-11H,1-2,5-9H2. The molecule has 1 atom stereocenters. The molecule has 0 bridgehead atoms. The molecule has 0 aromatic heterocycles. The molecule has 0 spiro atoms. The molecule has 0 aliphatic heterocycles. The van der Waals surface area contributed by atoms with Crippen LogP contribution in [0.1, 0.15) is 32.1 Å². The second-order valence-electron chi connectivity index (χ2n) is 2.68. The SMILES string of the molecule is C=CCCCCCC(O)OC=C. The largest absolute Gasteiger partial charge is 0.473 e. The first kappa shape index (κ1) is 11.2. The predicted molar refractivity (Wildman–Crippen MR) is 50.6 cm³/mol. The first-order valence-corrected chi connectivity index (χ1v) is 4.36. The predicted octanol–water partition coefficient (Wildman–Crippen LogP) is 2.60. The van der Waals surface area contributed by atoms with Crippen LogP contribution >= 0.6 is 0 Å². The van der Waals surface area contributed by atoms with Gasteiger partial charge in [-0.1, -0.05) is 19.1 Å². The van der Waals surface area contributed by atoms with Gasteiger partial charge in [-0.15, -0.1) is 6.58 Å². The Morgan fingerprint density at radius 1 is 1.25 bits per heavy atom. The maximum atomic E-state index is 9.09. The van der Waals surface area contributed by atoms with Crippen LogP contribution in [-0.2, 0) is 4.74 Å². The first-order valence-electron chi connectivity index (χ1n) is 4.36. The second kappa shape index (κ2) is 8.34. The molecule has 0 saturated heterocycles. The lowest BCUT2D eigenvalue weighted by molar-refractivity contribution is -0.0569. The molecule has 12 heavy (non-hydrogen) atoms. The summed E-state index contributed by atoms with van der Waals surface area (Å²) in [4.78, 5) is 0. The van der Waals surface area contributed by atoms with Gasteiger partial charge in [0.15, 0.2) is 6.29 Å². The van der Waals surface area contributed by atoms with Crippen molar-refractivity contribution in [1.29, 1.82) is 0 Å². The molecule has 0 aromatic carbocycles. The Morgan fingerprint density at radius 2 is 2.00 bits per heavy atom. The zero-order valence-corrected chi connectivity index (χ0v) is 7.54. The maximum absolute atomic E-state index is 9.09. The van der Waals surface area contributed by atoms with E-state index in [9.17, 15) is 0 Å². The van der Waals surface area contributed by atoms with Crippen LogP contribution in [0.5, 0.6) is 0 Å². The van der Waals surface area contributed by atoms with Crippen molar-refractivity contribution >= 4 is 0 Å². The van der Waals surface area contributed by atoms with Gasteiger partial charge in [0.05, 0.1) is 6.26 Å². The molecule has 2 heteroatoms. The van der Waals surface area contributed by atoms with Crippen molar-refractivity contribution in [2.45, 2.75) is 38.4 Å². The normalized spacial score (nSPS) is 12.1. The molecule has 0 amide bonds. The van der Waals surface area contributed by atoms with Gasteiger partial charge in [-0.2, -0.15) is 0 Å². The Labute approximate surface area is 74.6 Å². The van der Waals surface area contributed by atoms with Crippen LogP contribution < -0.4 is 0 Å². The molecular formula is C10H18O2.